The molecule has 1 aliphatic carbocycles. The quantitative estimate of drug-likeness (QED) is 0.675. The van der Waals surface area contributed by atoms with Gasteiger partial charge in [-0.3, -0.25) is 10.1 Å². The fourth-order valence-corrected chi connectivity index (χ4v) is 3.87. The van der Waals surface area contributed by atoms with Crippen LogP contribution in [0.15, 0.2) is 29.6 Å². The Morgan fingerprint density at radius 3 is 2.63 bits per heavy atom. The zero-order chi connectivity index (χ0) is 19.1. The molecular weight excluding hydrogens is 384 g/mol. The zero-order valence-electron chi connectivity index (χ0n) is 15.0. The van der Waals surface area contributed by atoms with Crippen LogP contribution in [0.2, 0.25) is 5.02 Å². The first-order valence-corrected chi connectivity index (χ1v) is 10.4. The molecule has 27 heavy (non-hydrogen) atoms. The highest BCUT2D eigenvalue weighted by atomic mass is 35.5. The predicted octanol–water partition coefficient (Wildman–Crippen LogP) is 4.11. The number of urea groups is 1. The van der Waals surface area contributed by atoms with Gasteiger partial charge in [0.05, 0.1) is 12.1 Å². The summed E-state index contributed by atoms with van der Waals surface area (Å²) in [7, 11) is 0. The summed E-state index contributed by atoms with van der Waals surface area (Å²) in [6.07, 6.45) is 5.81. The van der Waals surface area contributed by atoms with Crippen LogP contribution in [0.1, 0.15) is 43.4 Å². The van der Waals surface area contributed by atoms with Gasteiger partial charge in [0.1, 0.15) is 0 Å². The average Bonchev–Trinajstić information content (AvgIpc) is 3.08. The van der Waals surface area contributed by atoms with Crippen molar-refractivity contribution in [2.45, 2.75) is 51.1 Å². The van der Waals surface area contributed by atoms with Crippen molar-refractivity contribution in [3.05, 3.63) is 45.9 Å². The van der Waals surface area contributed by atoms with Crippen LogP contribution < -0.4 is 16.0 Å². The van der Waals surface area contributed by atoms with Gasteiger partial charge in [0.2, 0.25) is 5.91 Å². The van der Waals surface area contributed by atoms with Gasteiger partial charge in [-0.05, 0) is 30.5 Å². The molecule has 1 saturated carbocycles. The Labute approximate surface area is 167 Å². The Bertz CT molecular complexity index is 772. The molecule has 1 aromatic heterocycles. The van der Waals surface area contributed by atoms with Crippen LogP contribution >= 0.6 is 22.9 Å². The molecular formula is C19H23ClN4O2S. The smallest absolute Gasteiger partial charge is 0.321 e. The summed E-state index contributed by atoms with van der Waals surface area (Å²) >= 11 is 7.17. The van der Waals surface area contributed by atoms with Crippen molar-refractivity contribution in [3.8, 4) is 0 Å². The molecule has 1 aliphatic rings. The van der Waals surface area contributed by atoms with Crippen LogP contribution in [0, 0.1) is 0 Å². The lowest BCUT2D eigenvalue weighted by atomic mass is 9.96. The zero-order valence-corrected chi connectivity index (χ0v) is 16.5. The van der Waals surface area contributed by atoms with Crippen LogP contribution in [-0.2, 0) is 17.8 Å². The monoisotopic (exact) mass is 406 g/mol. The van der Waals surface area contributed by atoms with Gasteiger partial charge in [-0.15, -0.1) is 11.3 Å². The van der Waals surface area contributed by atoms with Gasteiger partial charge < -0.3 is 10.6 Å². The number of carbonyl (C=O) groups is 2. The van der Waals surface area contributed by atoms with Crippen LogP contribution in [0.4, 0.5) is 9.93 Å². The van der Waals surface area contributed by atoms with Gasteiger partial charge in [0.15, 0.2) is 5.13 Å². The number of thiazole rings is 1. The molecule has 0 bridgehead atoms. The normalized spacial score (nSPS) is 14.6. The predicted molar refractivity (Wildman–Crippen MR) is 108 cm³/mol. The maximum atomic E-state index is 12.1. The second-order valence-electron chi connectivity index (χ2n) is 6.66. The van der Waals surface area contributed by atoms with Gasteiger partial charge in [-0.2, -0.15) is 0 Å². The van der Waals surface area contributed by atoms with E-state index >= 15 is 0 Å². The summed E-state index contributed by atoms with van der Waals surface area (Å²) in [4.78, 5) is 28.4. The number of nitrogens with one attached hydrogen (secondary N) is 3. The maximum Gasteiger partial charge on any atom is 0.321 e. The van der Waals surface area contributed by atoms with Crippen LogP contribution in [0.3, 0.4) is 0 Å². The topological polar surface area (TPSA) is 83.1 Å². The Balaban J connectivity index is 1.42. The summed E-state index contributed by atoms with van der Waals surface area (Å²) in [5.41, 5.74) is 1.62. The number of halogens is 1. The second-order valence-corrected chi connectivity index (χ2v) is 7.95. The van der Waals surface area contributed by atoms with Crippen molar-refractivity contribution in [2.75, 3.05) is 5.32 Å². The molecule has 1 heterocycles. The third-order valence-corrected chi connectivity index (χ3v) is 5.52. The van der Waals surface area contributed by atoms with Crippen LogP contribution in [0.25, 0.3) is 0 Å². The van der Waals surface area contributed by atoms with E-state index in [1.54, 1.807) is 17.5 Å². The maximum absolute atomic E-state index is 12.1. The lowest BCUT2D eigenvalue weighted by molar-refractivity contribution is -0.120. The van der Waals surface area contributed by atoms with E-state index in [4.69, 9.17) is 11.6 Å². The minimum Gasteiger partial charge on any atom is -0.352 e. The highest BCUT2D eigenvalue weighted by Gasteiger charge is 2.16. The van der Waals surface area contributed by atoms with E-state index in [-0.39, 0.29) is 24.4 Å². The molecule has 0 radical (unpaired) electrons. The lowest BCUT2D eigenvalue weighted by Gasteiger charge is -2.22. The van der Waals surface area contributed by atoms with Crippen molar-refractivity contribution in [3.63, 3.8) is 0 Å². The highest BCUT2D eigenvalue weighted by Crippen LogP contribution is 2.19. The molecule has 3 amide bonds. The number of hydrogen-bond acceptors (Lipinski definition) is 4. The van der Waals surface area contributed by atoms with Gasteiger partial charge in [-0.1, -0.05) is 43.0 Å². The SMILES string of the molecule is O=C(Cc1csc(NC(=O)NC2CCCCC2)n1)NCc1ccc(Cl)cc1. The highest BCUT2D eigenvalue weighted by molar-refractivity contribution is 7.13. The second kappa shape index (κ2) is 9.71. The number of nitrogens with zero attached hydrogens (tertiary/aromatic N) is 1. The molecule has 1 aromatic carbocycles. The van der Waals surface area contributed by atoms with Crippen molar-refractivity contribution in [1.29, 1.82) is 0 Å². The summed E-state index contributed by atoms with van der Waals surface area (Å²) < 4.78 is 0. The fraction of sp³-hybridized carbons (Fsp3) is 0.421. The standard InChI is InChI=1S/C19H23ClN4O2S/c20-14-8-6-13(7-9-14)11-21-17(25)10-16-12-27-19(23-16)24-18(26)22-15-4-2-1-3-5-15/h6-9,12,15H,1-5,10-11H2,(H,21,25)(H2,22,23,24,26). The molecule has 0 spiro atoms. The number of carbonyl (C=O) groups excluding carboxylic acids is 2. The number of rotatable bonds is 6. The molecule has 0 unspecified atom stereocenters. The molecule has 3 N–H and O–H groups in total. The molecule has 2 aromatic rings. The van der Waals surface area contributed by atoms with Crippen molar-refractivity contribution < 1.29 is 9.59 Å². The van der Waals surface area contributed by atoms with E-state index in [0.717, 1.165) is 31.2 Å². The lowest BCUT2D eigenvalue weighted by Crippen LogP contribution is -2.39. The summed E-state index contributed by atoms with van der Waals surface area (Å²) in [6.45, 7) is 0.440. The van der Waals surface area contributed by atoms with Gasteiger partial charge in [0, 0.05) is 23.0 Å². The average molecular weight is 407 g/mol. The summed E-state index contributed by atoms with van der Waals surface area (Å²) in [5.74, 6) is -0.117. The van der Waals surface area contributed by atoms with Gasteiger partial charge in [0.25, 0.3) is 0 Å². The summed E-state index contributed by atoms with van der Waals surface area (Å²) in [5, 5.41) is 11.6. The fourth-order valence-electron chi connectivity index (χ4n) is 3.04. The van der Waals surface area contributed by atoms with Gasteiger partial charge >= 0.3 is 6.03 Å². The first-order chi connectivity index (χ1) is 13.1. The number of anilines is 1. The number of benzene rings is 1. The first-order valence-electron chi connectivity index (χ1n) is 9.11. The minimum absolute atomic E-state index is 0.117. The minimum atomic E-state index is -0.227. The van der Waals surface area contributed by atoms with E-state index in [1.165, 1.54) is 17.8 Å². The van der Waals surface area contributed by atoms with Gasteiger partial charge in [-0.25, -0.2) is 9.78 Å². The summed E-state index contributed by atoms with van der Waals surface area (Å²) in [6, 6.07) is 7.35. The van der Waals surface area contributed by atoms with E-state index in [0.29, 0.717) is 22.4 Å². The van der Waals surface area contributed by atoms with Crippen molar-refractivity contribution in [1.82, 2.24) is 15.6 Å². The third-order valence-electron chi connectivity index (χ3n) is 4.46. The third kappa shape index (κ3) is 6.52. The van der Waals surface area contributed by atoms with Crippen molar-refractivity contribution in [2.24, 2.45) is 0 Å². The molecule has 6 nitrogen and oxygen atoms in total. The molecule has 3 rings (SSSR count). The largest absolute Gasteiger partial charge is 0.352 e. The Kier molecular flexibility index (Phi) is 7.06. The molecule has 8 heteroatoms. The van der Waals surface area contributed by atoms with Crippen LogP contribution in [0.5, 0.6) is 0 Å². The molecule has 0 atom stereocenters. The Hall–Kier alpha value is -2.12. The molecule has 1 fully saturated rings. The van der Waals surface area contributed by atoms with E-state index in [2.05, 4.69) is 20.9 Å². The number of amides is 3. The molecule has 144 valence electrons. The Morgan fingerprint density at radius 2 is 1.89 bits per heavy atom. The number of hydrogen-bond donors (Lipinski definition) is 3. The number of aromatic nitrogens is 1. The Morgan fingerprint density at radius 1 is 1.15 bits per heavy atom. The van der Waals surface area contributed by atoms with E-state index < -0.39 is 0 Å². The molecule has 0 aliphatic heterocycles. The molecule has 0 saturated heterocycles. The van der Waals surface area contributed by atoms with Crippen molar-refractivity contribution >= 4 is 40.0 Å². The van der Waals surface area contributed by atoms with Crippen LogP contribution in [-0.4, -0.2) is 23.0 Å². The van der Waals surface area contributed by atoms with E-state index in [9.17, 15) is 9.59 Å². The first kappa shape index (κ1) is 19.6. The van der Waals surface area contributed by atoms with E-state index in [1.807, 2.05) is 12.1 Å².